The van der Waals surface area contributed by atoms with Crippen molar-refractivity contribution in [3.8, 4) is 17.1 Å². The zero-order chi connectivity index (χ0) is 14.7. The first-order chi connectivity index (χ1) is 9.49. The second-order valence-corrected chi connectivity index (χ2v) is 4.91. The van der Waals surface area contributed by atoms with Crippen molar-refractivity contribution in [3.05, 3.63) is 34.6 Å². The van der Waals surface area contributed by atoms with E-state index in [0.29, 0.717) is 29.7 Å². The highest BCUT2D eigenvalue weighted by atomic mass is 16.5. The molecule has 5 N–H and O–H groups in total. The molecule has 0 bridgehead atoms. The van der Waals surface area contributed by atoms with Gasteiger partial charge < -0.3 is 21.2 Å². The van der Waals surface area contributed by atoms with E-state index in [1.807, 2.05) is 24.3 Å². The van der Waals surface area contributed by atoms with Crippen LogP contribution in [-0.2, 0) is 0 Å². The van der Waals surface area contributed by atoms with Gasteiger partial charge in [-0.25, -0.2) is 4.98 Å². The maximum Gasteiger partial charge on any atom is 0.276 e. The fourth-order valence-electron chi connectivity index (χ4n) is 1.67. The van der Waals surface area contributed by atoms with Crippen molar-refractivity contribution >= 4 is 11.5 Å². The molecule has 0 saturated carbocycles. The number of nitrogens with zero attached hydrogens (tertiary/aromatic N) is 1. The van der Waals surface area contributed by atoms with Crippen molar-refractivity contribution in [2.24, 2.45) is 5.92 Å². The van der Waals surface area contributed by atoms with Gasteiger partial charge in [0.2, 0.25) is 0 Å². The normalized spacial score (nSPS) is 10.8. The number of para-hydroxylation sites is 1. The van der Waals surface area contributed by atoms with Crippen molar-refractivity contribution in [2.75, 3.05) is 18.1 Å². The van der Waals surface area contributed by atoms with Gasteiger partial charge in [0.25, 0.3) is 5.56 Å². The van der Waals surface area contributed by atoms with Crippen molar-refractivity contribution in [1.29, 1.82) is 0 Å². The van der Waals surface area contributed by atoms with Crippen LogP contribution in [0.4, 0.5) is 11.5 Å². The number of nitrogens with two attached hydrogens (primary N) is 2. The Balaban J connectivity index is 2.45. The summed E-state index contributed by atoms with van der Waals surface area (Å²) in [7, 11) is 0. The highest BCUT2D eigenvalue weighted by molar-refractivity contribution is 5.68. The smallest absolute Gasteiger partial charge is 0.276 e. The van der Waals surface area contributed by atoms with Gasteiger partial charge in [0.15, 0.2) is 5.82 Å². The van der Waals surface area contributed by atoms with E-state index in [1.54, 1.807) is 0 Å². The average Bonchev–Trinajstić information content (AvgIpc) is 2.42. The lowest BCUT2D eigenvalue weighted by molar-refractivity contribution is 0.272. The number of aromatic nitrogens is 2. The molecule has 0 amide bonds. The average molecular weight is 274 g/mol. The Hall–Kier alpha value is -2.50. The number of rotatable bonds is 4. The van der Waals surface area contributed by atoms with Gasteiger partial charge in [0.1, 0.15) is 17.3 Å². The van der Waals surface area contributed by atoms with E-state index < -0.39 is 5.56 Å². The SMILES string of the molecule is CC(C)COc1ccccc1-c1nc(N)c(N)c(=O)[nH]1. The minimum absolute atomic E-state index is 0.0161. The largest absolute Gasteiger partial charge is 0.493 e. The van der Waals surface area contributed by atoms with Crippen LogP contribution in [0, 0.1) is 5.92 Å². The zero-order valence-electron chi connectivity index (χ0n) is 11.5. The molecule has 6 nitrogen and oxygen atoms in total. The third-order valence-corrected chi connectivity index (χ3v) is 2.70. The van der Waals surface area contributed by atoms with Crippen molar-refractivity contribution in [1.82, 2.24) is 9.97 Å². The van der Waals surface area contributed by atoms with E-state index in [-0.39, 0.29) is 11.5 Å². The molecule has 0 saturated heterocycles. The Kier molecular flexibility index (Phi) is 3.93. The maximum absolute atomic E-state index is 11.7. The van der Waals surface area contributed by atoms with Crippen LogP contribution in [-0.4, -0.2) is 16.6 Å². The van der Waals surface area contributed by atoms with Gasteiger partial charge in [0, 0.05) is 0 Å². The first-order valence-electron chi connectivity index (χ1n) is 6.36. The number of nitrogens with one attached hydrogen (secondary N) is 1. The van der Waals surface area contributed by atoms with Crippen LogP contribution in [0.15, 0.2) is 29.1 Å². The topological polar surface area (TPSA) is 107 Å². The van der Waals surface area contributed by atoms with E-state index in [2.05, 4.69) is 23.8 Å². The van der Waals surface area contributed by atoms with Gasteiger partial charge in [0.05, 0.1) is 12.2 Å². The van der Waals surface area contributed by atoms with Gasteiger partial charge in [-0.3, -0.25) is 4.79 Å². The van der Waals surface area contributed by atoms with Gasteiger partial charge in [-0.05, 0) is 18.1 Å². The molecule has 2 rings (SSSR count). The Morgan fingerprint density at radius 3 is 2.65 bits per heavy atom. The van der Waals surface area contributed by atoms with E-state index in [4.69, 9.17) is 16.2 Å². The number of aromatic amines is 1. The molecule has 2 aromatic rings. The Morgan fingerprint density at radius 1 is 1.30 bits per heavy atom. The lowest BCUT2D eigenvalue weighted by Gasteiger charge is -2.13. The molecule has 1 aromatic carbocycles. The van der Waals surface area contributed by atoms with Crippen molar-refractivity contribution in [2.45, 2.75) is 13.8 Å². The molecule has 0 aliphatic rings. The lowest BCUT2D eigenvalue weighted by atomic mass is 10.2. The number of H-pyrrole nitrogens is 1. The summed E-state index contributed by atoms with van der Waals surface area (Å²) in [6.45, 7) is 4.69. The van der Waals surface area contributed by atoms with Gasteiger partial charge in [-0.15, -0.1) is 0 Å². The van der Waals surface area contributed by atoms with E-state index in [9.17, 15) is 4.79 Å². The summed E-state index contributed by atoms with van der Waals surface area (Å²) in [5.74, 6) is 1.41. The Bertz CT molecular complexity index is 664. The fourth-order valence-corrected chi connectivity index (χ4v) is 1.67. The number of nitrogen functional groups attached to an aromatic ring is 2. The molecule has 20 heavy (non-hydrogen) atoms. The monoisotopic (exact) mass is 274 g/mol. The van der Waals surface area contributed by atoms with Crippen LogP contribution in [0.25, 0.3) is 11.4 Å². The third kappa shape index (κ3) is 2.90. The zero-order valence-corrected chi connectivity index (χ0v) is 11.5. The standard InChI is InChI=1S/C14H18N4O2/c1-8(2)7-20-10-6-4-3-5-9(10)13-17-12(16)11(15)14(19)18-13/h3-6,8H,7,15H2,1-2H3,(H3,16,17,18,19). The minimum Gasteiger partial charge on any atom is -0.493 e. The molecule has 6 heteroatoms. The molecule has 1 aromatic heterocycles. The van der Waals surface area contributed by atoms with Crippen LogP contribution in [0.1, 0.15) is 13.8 Å². The first kappa shape index (κ1) is 13.9. The summed E-state index contributed by atoms with van der Waals surface area (Å²) in [5.41, 5.74) is 11.3. The number of hydrogen-bond acceptors (Lipinski definition) is 5. The number of anilines is 2. The molecule has 1 heterocycles. The molecule has 0 aliphatic heterocycles. The molecule has 0 radical (unpaired) electrons. The Morgan fingerprint density at radius 2 is 2.00 bits per heavy atom. The van der Waals surface area contributed by atoms with Crippen LogP contribution < -0.4 is 21.8 Å². The van der Waals surface area contributed by atoms with E-state index in [1.165, 1.54) is 0 Å². The molecular weight excluding hydrogens is 256 g/mol. The summed E-state index contributed by atoms with van der Waals surface area (Å²) in [5, 5.41) is 0. The molecule has 0 spiro atoms. The highest BCUT2D eigenvalue weighted by Crippen LogP contribution is 2.27. The highest BCUT2D eigenvalue weighted by Gasteiger charge is 2.12. The molecule has 0 fully saturated rings. The lowest BCUT2D eigenvalue weighted by Crippen LogP contribution is -2.17. The summed E-state index contributed by atoms with van der Waals surface area (Å²) in [6.07, 6.45) is 0. The first-order valence-corrected chi connectivity index (χ1v) is 6.36. The molecule has 106 valence electrons. The second-order valence-electron chi connectivity index (χ2n) is 4.91. The predicted molar refractivity (Wildman–Crippen MR) is 79.5 cm³/mol. The van der Waals surface area contributed by atoms with Crippen LogP contribution in [0.3, 0.4) is 0 Å². The Labute approximate surface area is 116 Å². The third-order valence-electron chi connectivity index (χ3n) is 2.70. The molecule has 0 atom stereocenters. The maximum atomic E-state index is 11.7. The van der Waals surface area contributed by atoms with Gasteiger partial charge in [-0.2, -0.15) is 0 Å². The number of hydrogen-bond donors (Lipinski definition) is 3. The molecule has 0 unspecified atom stereocenters. The van der Waals surface area contributed by atoms with Gasteiger partial charge >= 0.3 is 0 Å². The quantitative estimate of drug-likeness (QED) is 0.785. The number of ether oxygens (including phenoxy) is 1. The van der Waals surface area contributed by atoms with Crippen molar-refractivity contribution < 1.29 is 4.74 Å². The summed E-state index contributed by atoms with van der Waals surface area (Å²) in [4.78, 5) is 18.4. The van der Waals surface area contributed by atoms with Gasteiger partial charge in [-0.1, -0.05) is 26.0 Å². The van der Waals surface area contributed by atoms with E-state index in [0.717, 1.165) is 0 Å². The van der Waals surface area contributed by atoms with Crippen LogP contribution in [0.2, 0.25) is 0 Å². The minimum atomic E-state index is -0.453. The summed E-state index contributed by atoms with van der Waals surface area (Å²) < 4.78 is 5.73. The fraction of sp³-hybridized carbons (Fsp3) is 0.286. The molecule has 0 aliphatic carbocycles. The predicted octanol–water partition coefficient (Wildman–Crippen LogP) is 1.64. The summed E-state index contributed by atoms with van der Waals surface area (Å²) >= 11 is 0. The van der Waals surface area contributed by atoms with Crippen LogP contribution >= 0.6 is 0 Å². The molecular formula is C14H18N4O2. The summed E-state index contributed by atoms with van der Waals surface area (Å²) in [6, 6.07) is 7.33. The van der Waals surface area contributed by atoms with Crippen LogP contribution in [0.5, 0.6) is 5.75 Å². The van der Waals surface area contributed by atoms with Crippen molar-refractivity contribution in [3.63, 3.8) is 0 Å². The number of benzene rings is 1. The van der Waals surface area contributed by atoms with E-state index >= 15 is 0 Å². The second kappa shape index (κ2) is 5.64.